The molecule has 0 saturated carbocycles. The largest absolute Gasteiger partial charge is 0.456 e. The lowest BCUT2D eigenvalue weighted by Crippen LogP contribution is -2.24. The van der Waals surface area contributed by atoms with Gasteiger partial charge in [0.25, 0.3) is 0 Å². The van der Waals surface area contributed by atoms with Crippen LogP contribution in [0.1, 0.15) is 36.7 Å². The quantitative estimate of drug-likeness (QED) is 0.435. The summed E-state index contributed by atoms with van der Waals surface area (Å²) < 4.78 is 40.9. The van der Waals surface area contributed by atoms with Crippen molar-refractivity contribution in [1.82, 2.24) is 0 Å². The van der Waals surface area contributed by atoms with Crippen LogP contribution in [0.25, 0.3) is 0 Å². The number of benzene rings is 1. The molecular formula is C12H14FIO4S. The number of rotatable bonds is 2. The molecule has 0 aliphatic heterocycles. The van der Waals surface area contributed by atoms with Crippen LogP contribution in [0.4, 0.5) is 3.89 Å². The standard InChI is InChI=1S/C12H14FIO4S/c1-7-9(14)5-8(6-10(7)19(13,16)17)11(15)18-12(2,3)4/h5-6H,1-4H3. The molecule has 106 valence electrons. The molecule has 0 aliphatic carbocycles. The summed E-state index contributed by atoms with van der Waals surface area (Å²) in [4.78, 5) is 11.4. The first-order valence-electron chi connectivity index (χ1n) is 5.40. The van der Waals surface area contributed by atoms with Crippen LogP contribution in [0.3, 0.4) is 0 Å². The van der Waals surface area contributed by atoms with Gasteiger partial charge >= 0.3 is 16.2 Å². The van der Waals surface area contributed by atoms with Gasteiger partial charge in [0.1, 0.15) is 10.5 Å². The Labute approximate surface area is 125 Å². The first-order chi connectivity index (χ1) is 8.42. The van der Waals surface area contributed by atoms with Gasteiger partial charge in [0.15, 0.2) is 0 Å². The molecule has 0 heterocycles. The van der Waals surface area contributed by atoms with Crippen molar-refractivity contribution in [3.63, 3.8) is 0 Å². The molecule has 0 atom stereocenters. The van der Waals surface area contributed by atoms with E-state index in [1.54, 1.807) is 20.8 Å². The number of esters is 1. The van der Waals surface area contributed by atoms with Gasteiger partial charge in [-0.3, -0.25) is 0 Å². The zero-order chi connectivity index (χ0) is 15.0. The van der Waals surface area contributed by atoms with E-state index in [9.17, 15) is 17.1 Å². The van der Waals surface area contributed by atoms with Crippen LogP contribution in [0.15, 0.2) is 17.0 Å². The van der Waals surface area contributed by atoms with Gasteiger partial charge in [0, 0.05) is 3.57 Å². The van der Waals surface area contributed by atoms with E-state index in [1.165, 1.54) is 13.0 Å². The third kappa shape index (κ3) is 4.41. The van der Waals surface area contributed by atoms with E-state index >= 15 is 0 Å². The van der Waals surface area contributed by atoms with E-state index in [-0.39, 0.29) is 11.1 Å². The van der Waals surface area contributed by atoms with Crippen molar-refractivity contribution in [1.29, 1.82) is 0 Å². The highest BCUT2D eigenvalue weighted by atomic mass is 127. The van der Waals surface area contributed by atoms with Crippen LogP contribution < -0.4 is 0 Å². The predicted octanol–water partition coefficient (Wildman–Crippen LogP) is 3.21. The van der Waals surface area contributed by atoms with E-state index in [0.29, 0.717) is 3.57 Å². The molecule has 0 aromatic heterocycles. The number of halogens is 2. The van der Waals surface area contributed by atoms with Crippen molar-refractivity contribution >= 4 is 38.8 Å². The normalized spacial score (nSPS) is 12.3. The number of hydrogen-bond donors (Lipinski definition) is 0. The fourth-order valence-corrected chi connectivity index (χ4v) is 2.91. The van der Waals surface area contributed by atoms with Crippen LogP contribution in [-0.2, 0) is 15.0 Å². The van der Waals surface area contributed by atoms with Crippen molar-refractivity contribution < 1.29 is 21.8 Å². The maximum atomic E-state index is 13.2. The molecule has 19 heavy (non-hydrogen) atoms. The molecule has 1 aromatic carbocycles. The molecule has 0 N–H and O–H groups in total. The zero-order valence-electron chi connectivity index (χ0n) is 11.0. The van der Waals surface area contributed by atoms with E-state index in [2.05, 4.69) is 0 Å². The maximum absolute atomic E-state index is 13.2. The van der Waals surface area contributed by atoms with Crippen LogP contribution in [0.2, 0.25) is 0 Å². The average Bonchev–Trinajstić information content (AvgIpc) is 2.17. The highest BCUT2D eigenvalue weighted by Crippen LogP contribution is 2.25. The van der Waals surface area contributed by atoms with E-state index in [4.69, 9.17) is 4.74 Å². The molecular weight excluding hydrogens is 386 g/mol. The van der Waals surface area contributed by atoms with E-state index in [0.717, 1.165) is 6.07 Å². The van der Waals surface area contributed by atoms with E-state index in [1.807, 2.05) is 22.6 Å². The maximum Gasteiger partial charge on any atom is 0.338 e. The van der Waals surface area contributed by atoms with Crippen LogP contribution >= 0.6 is 22.6 Å². The van der Waals surface area contributed by atoms with Gasteiger partial charge in [-0.1, -0.05) is 0 Å². The fraction of sp³-hybridized carbons (Fsp3) is 0.417. The van der Waals surface area contributed by atoms with Gasteiger partial charge in [0.2, 0.25) is 0 Å². The second-order valence-electron chi connectivity index (χ2n) is 5.02. The molecule has 0 unspecified atom stereocenters. The van der Waals surface area contributed by atoms with Crippen molar-refractivity contribution in [2.45, 2.75) is 38.2 Å². The molecule has 7 heteroatoms. The van der Waals surface area contributed by atoms with Crippen molar-refractivity contribution in [2.24, 2.45) is 0 Å². The summed E-state index contributed by atoms with van der Waals surface area (Å²) in [5.41, 5.74) is -0.418. The molecule has 4 nitrogen and oxygen atoms in total. The van der Waals surface area contributed by atoms with Gasteiger partial charge in [-0.05, 0) is 68.0 Å². The average molecular weight is 400 g/mol. The van der Waals surface area contributed by atoms with Gasteiger partial charge in [-0.2, -0.15) is 8.42 Å². The number of carbonyl (C=O) groups is 1. The monoisotopic (exact) mass is 400 g/mol. The van der Waals surface area contributed by atoms with Gasteiger partial charge < -0.3 is 4.74 Å². The fourth-order valence-electron chi connectivity index (χ4n) is 1.36. The first-order valence-corrected chi connectivity index (χ1v) is 7.86. The molecule has 0 spiro atoms. The van der Waals surface area contributed by atoms with Crippen molar-refractivity contribution in [3.05, 3.63) is 26.8 Å². The molecule has 0 aliphatic rings. The van der Waals surface area contributed by atoms with Crippen LogP contribution in [-0.4, -0.2) is 20.0 Å². The Morgan fingerprint density at radius 3 is 2.26 bits per heavy atom. The second-order valence-corrected chi connectivity index (χ2v) is 7.50. The highest BCUT2D eigenvalue weighted by molar-refractivity contribution is 14.1. The number of carbonyl (C=O) groups excluding carboxylic acids is 1. The van der Waals surface area contributed by atoms with Crippen LogP contribution in [0, 0.1) is 10.5 Å². The minimum Gasteiger partial charge on any atom is -0.456 e. The Balaban J connectivity index is 3.33. The Hall–Kier alpha value is -0.700. The third-order valence-electron chi connectivity index (χ3n) is 2.19. The minimum absolute atomic E-state index is 0.0150. The molecule has 1 rings (SSSR count). The molecule has 0 fully saturated rings. The Morgan fingerprint density at radius 1 is 1.32 bits per heavy atom. The molecule has 0 amide bonds. The Kier molecular flexibility index (Phi) is 4.61. The summed E-state index contributed by atoms with van der Waals surface area (Å²) in [5.74, 6) is -0.685. The summed E-state index contributed by atoms with van der Waals surface area (Å²) in [7, 11) is -4.87. The Bertz CT molecular complexity index is 617. The highest BCUT2D eigenvalue weighted by Gasteiger charge is 2.23. The summed E-state index contributed by atoms with van der Waals surface area (Å²) in [5, 5.41) is 0. The third-order valence-corrected chi connectivity index (χ3v) is 4.26. The first kappa shape index (κ1) is 16.4. The molecule has 0 radical (unpaired) electrons. The van der Waals surface area contributed by atoms with E-state index < -0.39 is 26.7 Å². The SMILES string of the molecule is Cc1c(I)cc(C(=O)OC(C)(C)C)cc1S(=O)(=O)F. The smallest absolute Gasteiger partial charge is 0.338 e. The number of hydrogen-bond acceptors (Lipinski definition) is 4. The van der Waals surface area contributed by atoms with Gasteiger partial charge in [0.05, 0.1) is 5.56 Å². The zero-order valence-corrected chi connectivity index (χ0v) is 13.9. The predicted molar refractivity (Wildman–Crippen MR) is 77.4 cm³/mol. The lowest BCUT2D eigenvalue weighted by Gasteiger charge is -2.20. The Morgan fingerprint density at radius 2 is 1.84 bits per heavy atom. The van der Waals surface area contributed by atoms with Crippen molar-refractivity contribution in [3.8, 4) is 0 Å². The topological polar surface area (TPSA) is 60.4 Å². The summed E-state index contributed by atoms with van der Waals surface area (Å²) in [6.07, 6.45) is 0. The van der Waals surface area contributed by atoms with Crippen molar-refractivity contribution in [2.75, 3.05) is 0 Å². The summed E-state index contributed by atoms with van der Waals surface area (Å²) in [6, 6.07) is 2.47. The lowest BCUT2D eigenvalue weighted by molar-refractivity contribution is 0.00692. The molecule has 1 aromatic rings. The summed E-state index contributed by atoms with van der Waals surface area (Å²) in [6.45, 7) is 6.55. The van der Waals surface area contributed by atoms with Gasteiger partial charge in [-0.25, -0.2) is 4.79 Å². The summed E-state index contributed by atoms with van der Waals surface area (Å²) >= 11 is 1.85. The number of ether oxygens (including phenoxy) is 1. The molecule has 0 bridgehead atoms. The van der Waals surface area contributed by atoms with Crippen LogP contribution in [0.5, 0.6) is 0 Å². The lowest BCUT2D eigenvalue weighted by atomic mass is 10.1. The minimum atomic E-state index is -4.87. The molecule has 0 saturated heterocycles. The van der Waals surface area contributed by atoms with Gasteiger partial charge in [-0.15, -0.1) is 3.89 Å². The second kappa shape index (κ2) is 5.35.